The number of benzene rings is 1. The van der Waals surface area contributed by atoms with Crippen LogP contribution in [0.1, 0.15) is 23.2 Å². The Bertz CT molecular complexity index is 521. The second-order valence-electron chi connectivity index (χ2n) is 4.72. The molecule has 102 valence electrons. The molecule has 2 aliphatic rings. The lowest BCUT2D eigenvalue weighted by atomic mass is 10.1. The third-order valence-corrected chi connectivity index (χ3v) is 4.17. The van der Waals surface area contributed by atoms with E-state index in [1.54, 1.807) is 12.1 Å². The largest absolute Gasteiger partial charge is 0.454 e. The molecule has 2 aliphatic heterocycles. The van der Waals surface area contributed by atoms with E-state index in [2.05, 4.69) is 15.9 Å². The van der Waals surface area contributed by atoms with Crippen LogP contribution < -0.4 is 15.2 Å². The van der Waals surface area contributed by atoms with E-state index in [9.17, 15) is 4.79 Å². The second kappa shape index (κ2) is 5.02. The number of ether oxygens (including phenoxy) is 2. The molecule has 2 heterocycles. The zero-order valence-electron chi connectivity index (χ0n) is 10.4. The van der Waals surface area contributed by atoms with Gasteiger partial charge < -0.3 is 20.1 Å². The molecule has 1 aromatic carbocycles. The molecule has 1 fully saturated rings. The Morgan fingerprint density at radius 2 is 2.32 bits per heavy atom. The van der Waals surface area contributed by atoms with E-state index < -0.39 is 0 Å². The predicted molar refractivity (Wildman–Crippen MR) is 73.4 cm³/mol. The number of hydrogen-bond acceptors (Lipinski definition) is 4. The van der Waals surface area contributed by atoms with Crippen LogP contribution >= 0.6 is 15.9 Å². The first kappa shape index (κ1) is 12.7. The van der Waals surface area contributed by atoms with Gasteiger partial charge >= 0.3 is 0 Å². The Balaban J connectivity index is 1.90. The molecular weight excluding hydrogens is 312 g/mol. The first-order valence-electron chi connectivity index (χ1n) is 6.31. The number of amides is 1. The third-order valence-electron chi connectivity index (χ3n) is 3.58. The van der Waals surface area contributed by atoms with Gasteiger partial charge in [-0.15, -0.1) is 0 Å². The fourth-order valence-electron chi connectivity index (χ4n) is 2.60. The number of fused-ring (bicyclic) bond motifs is 1. The molecule has 1 atom stereocenters. The van der Waals surface area contributed by atoms with Crippen molar-refractivity contribution in [3.63, 3.8) is 0 Å². The Kier molecular flexibility index (Phi) is 3.36. The normalized spacial score (nSPS) is 20.9. The number of likely N-dealkylation sites (tertiary alicyclic amines) is 1. The molecule has 0 aliphatic carbocycles. The molecule has 6 heteroatoms. The van der Waals surface area contributed by atoms with Gasteiger partial charge in [-0.3, -0.25) is 4.79 Å². The fraction of sp³-hybridized carbons (Fsp3) is 0.462. The summed E-state index contributed by atoms with van der Waals surface area (Å²) in [6.07, 6.45) is 1.99. The molecule has 1 saturated heterocycles. The summed E-state index contributed by atoms with van der Waals surface area (Å²) in [4.78, 5) is 14.4. The Labute approximate surface area is 119 Å². The van der Waals surface area contributed by atoms with Gasteiger partial charge in [0.25, 0.3) is 5.91 Å². The maximum Gasteiger partial charge on any atom is 0.254 e. The van der Waals surface area contributed by atoms with E-state index in [1.165, 1.54) is 0 Å². The summed E-state index contributed by atoms with van der Waals surface area (Å²) in [5.41, 5.74) is 6.32. The summed E-state index contributed by atoms with van der Waals surface area (Å²) >= 11 is 3.41. The van der Waals surface area contributed by atoms with Gasteiger partial charge in [-0.1, -0.05) is 0 Å². The molecule has 1 aromatic rings. The van der Waals surface area contributed by atoms with Crippen molar-refractivity contribution in [3.05, 3.63) is 22.2 Å². The highest BCUT2D eigenvalue weighted by Gasteiger charge is 2.30. The highest BCUT2D eigenvalue weighted by atomic mass is 79.9. The number of carbonyl (C=O) groups excluding carboxylic acids is 1. The van der Waals surface area contributed by atoms with Crippen LogP contribution in [0.4, 0.5) is 0 Å². The third kappa shape index (κ3) is 2.19. The number of rotatable bonds is 2. The summed E-state index contributed by atoms with van der Waals surface area (Å²) in [6, 6.07) is 3.67. The highest BCUT2D eigenvalue weighted by Crippen LogP contribution is 2.40. The van der Waals surface area contributed by atoms with Crippen molar-refractivity contribution < 1.29 is 14.3 Å². The fourth-order valence-corrected chi connectivity index (χ4v) is 3.16. The summed E-state index contributed by atoms with van der Waals surface area (Å²) < 4.78 is 11.4. The van der Waals surface area contributed by atoms with Crippen molar-refractivity contribution in [2.75, 3.05) is 19.9 Å². The van der Waals surface area contributed by atoms with Crippen LogP contribution in [0, 0.1) is 0 Å². The topological polar surface area (TPSA) is 64.8 Å². The van der Waals surface area contributed by atoms with Crippen LogP contribution in [0.15, 0.2) is 16.6 Å². The molecule has 0 bridgehead atoms. The number of nitrogens with zero attached hydrogens (tertiary/aromatic N) is 1. The molecule has 0 unspecified atom stereocenters. The van der Waals surface area contributed by atoms with E-state index in [1.807, 2.05) is 4.90 Å². The van der Waals surface area contributed by atoms with Crippen molar-refractivity contribution in [1.29, 1.82) is 0 Å². The van der Waals surface area contributed by atoms with Gasteiger partial charge in [0.15, 0.2) is 11.5 Å². The van der Waals surface area contributed by atoms with Crippen molar-refractivity contribution in [3.8, 4) is 11.5 Å². The van der Waals surface area contributed by atoms with E-state index in [-0.39, 0.29) is 18.7 Å². The van der Waals surface area contributed by atoms with Crippen LogP contribution in [-0.2, 0) is 0 Å². The number of hydrogen-bond donors (Lipinski definition) is 1. The average molecular weight is 327 g/mol. The smallest absolute Gasteiger partial charge is 0.254 e. The van der Waals surface area contributed by atoms with E-state index in [4.69, 9.17) is 15.2 Å². The lowest BCUT2D eigenvalue weighted by Crippen LogP contribution is -2.39. The van der Waals surface area contributed by atoms with Crippen molar-refractivity contribution in [1.82, 2.24) is 4.90 Å². The lowest BCUT2D eigenvalue weighted by molar-refractivity contribution is 0.0740. The number of halogens is 1. The van der Waals surface area contributed by atoms with Gasteiger partial charge in [-0.05, 0) is 40.9 Å². The lowest BCUT2D eigenvalue weighted by Gasteiger charge is -2.23. The molecule has 19 heavy (non-hydrogen) atoms. The standard InChI is InChI=1S/C13H15BrN2O3/c14-10-4-8(5-11-12(10)19-7-18-11)13(17)16-3-1-2-9(16)6-15/h4-5,9H,1-3,6-7,15H2/t9-/m0/s1. The first-order chi connectivity index (χ1) is 9.20. The maximum atomic E-state index is 12.5. The van der Waals surface area contributed by atoms with E-state index >= 15 is 0 Å². The molecule has 5 nitrogen and oxygen atoms in total. The Morgan fingerprint density at radius 3 is 3.11 bits per heavy atom. The van der Waals surface area contributed by atoms with Crippen LogP contribution in [-0.4, -0.2) is 36.7 Å². The SMILES string of the molecule is NC[C@@H]1CCCN1C(=O)c1cc(Br)c2c(c1)OCO2. The van der Waals surface area contributed by atoms with E-state index in [0.717, 1.165) is 23.9 Å². The second-order valence-corrected chi connectivity index (χ2v) is 5.58. The van der Waals surface area contributed by atoms with Gasteiger partial charge in [0.2, 0.25) is 6.79 Å². The molecule has 2 N–H and O–H groups in total. The van der Waals surface area contributed by atoms with Crippen LogP contribution in [0.25, 0.3) is 0 Å². The van der Waals surface area contributed by atoms with Crippen molar-refractivity contribution in [2.24, 2.45) is 5.73 Å². The van der Waals surface area contributed by atoms with Crippen molar-refractivity contribution >= 4 is 21.8 Å². The number of nitrogens with two attached hydrogens (primary N) is 1. The molecule has 3 rings (SSSR count). The molecule has 0 saturated carbocycles. The molecule has 0 radical (unpaired) electrons. The monoisotopic (exact) mass is 326 g/mol. The number of carbonyl (C=O) groups is 1. The summed E-state index contributed by atoms with van der Waals surface area (Å²) in [7, 11) is 0. The minimum absolute atomic E-state index is 0.00644. The Hall–Kier alpha value is -1.27. The van der Waals surface area contributed by atoms with Crippen molar-refractivity contribution in [2.45, 2.75) is 18.9 Å². The van der Waals surface area contributed by atoms with Gasteiger partial charge in [-0.2, -0.15) is 0 Å². The molecule has 1 amide bonds. The van der Waals surface area contributed by atoms with Crippen LogP contribution in [0.3, 0.4) is 0 Å². The van der Waals surface area contributed by atoms with E-state index in [0.29, 0.717) is 23.6 Å². The first-order valence-corrected chi connectivity index (χ1v) is 7.10. The quantitative estimate of drug-likeness (QED) is 0.899. The molecule has 0 aromatic heterocycles. The van der Waals surface area contributed by atoms with Gasteiger partial charge in [-0.25, -0.2) is 0 Å². The van der Waals surface area contributed by atoms with Gasteiger partial charge in [0, 0.05) is 24.7 Å². The zero-order valence-corrected chi connectivity index (χ0v) is 12.0. The van der Waals surface area contributed by atoms with Gasteiger partial charge in [0.05, 0.1) is 4.47 Å². The minimum Gasteiger partial charge on any atom is -0.454 e. The summed E-state index contributed by atoms with van der Waals surface area (Å²) in [5, 5.41) is 0. The summed E-state index contributed by atoms with van der Waals surface area (Å²) in [5.74, 6) is 1.28. The molecule has 0 spiro atoms. The highest BCUT2D eigenvalue weighted by molar-refractivity contribution is 9.10. The van der Waals surface area contributed by atoms with Crippen LogP contribution in [0.5, 0.6) is 11.5 Å². The molecular formula is C13H15BrN2O3. The average Bonchev–Trinajstić information content (AvgIpc) is 3.06. The zero-order chi connectivity index (χ0) is 13.4. The van der Waals surface area contributed by atoms with Gasteiger partial charge in [0.1, 0.15) is 0 Å². The Morgan fingerprint density at radius 1 is 1.47 bits per heavy atom. The van der Waals surface area contributed by atoms with Crippen LogP contribution in [0.2, 0.25) is 0 Å². The minimum atomic E-state index is 0.00644. The predicted octanol–water partition coefficient (Wildman–Crippen LogP) is 1.74. The summed E-state index contributed by atoms with van der Waals surface area (Å²) in [6.45, 7) is 1.48. The maximum absolute atomic E-state index is 12.5.